The molecule has 0 aromatic heterocycles. The van der Waals surface area contributed by atoms with Crippen molar-refractivity contribution in [3.05, 3.63) is 71.3 Å². The minimum Gasteiger partial charge on any atom is -0.497 e. The van der Waals surface area contributed by atoms with Crippen LogP contribution in [0.5, 0.6) is 11.5 Å². The van der Waals surface area contributed by atoms with Crippen LogP contribution in [0, 0.1) is 0 Å². The Balaban J connectivity index is 1.65. The van der Waals surface area contributed by atoms with Gasteiger partial charge in [0.05, 0.1) is 18.8 Å². The van der Waals surface area contributed by atoms with Gasteiger partial charge in [0.1, 0.15) is 35.4 Å². The molecule has 2 heterocycles. The van der Waals surface area contributed by atoms with Crippen LogP contribution in [0.1, 0.15) is 66.3 Å². The molecule has 2 aliphatic rings. The monoisotopic (exact) mass is 554 g/mol. The number of esters is 2. The average Bonchev–Trinajstić information content (AvgIpc) is 3.24. The first-order valence-corrected chi connectivity index (χ1v) is 13.5. The van der Waals surface area contributed by atoms with E-state index >= 15 is 0 Å². The molecule has 1 saturated heterocycles. The van der Waals surface area contributed by atoms with Crippen molar-refractivity contribution in [2.75, 3.05) is 21.0 Å². The van der Waals surface area contributed by atoms with E-state index in [2.05, 4.69) is 0 Å². The third kappa shape index (κ3) is 7.41. The van der Waals surface area contributed by atoms with Crippen molar-refractivity contribution in [3.63, 3.8) is 0 Å². The van der Waals surface area contributed by atoms with Gasteiger partial charge in [-0.25, -0.2) is 9.59 Å². The molecule has 0 amide bonds. The lowest BCUT2D eigenvalue weighted by atomic mass is 9.96. The maximum Gasteiger partial charge on any atom is 0.342 e. The lowest BCUT2D eigenvalue weighted by Crippen LogP contribution is -2.38. The van der Waals surface area contributed by atoms with E-state index in [-0.39, 0.29) is 12.9 Å². The lowest BCUT2D eigenvalue weighted by Gasteiger charge is -2.25. The van der Waals surface area contributed by atoms with Crippen LogP contribution in [0.2, 0.25) is 0 Å². The molecule has 4 rings (SSSR count). The fourth-order valence-corrected chi connectivity index (χ4v) is 4.96. The third-order valence-electron chi connectivity index (χ3n) is 6.76. The Morgan fingerprint density at radius 2 is 1.88 bits per heavy atom. The maximum atomic E-state index is 13.4. The number of hydrogen-bond donors (Lipinski definition) is 0. The van der Waals surface area contributed by atoms with Gasteiger partial charge < -0.3 is 33.2 Å². The summed E-state index contributed by atoms with van der Waals surface area (Å²) in [4.78, 5) is 26.4. The van der Waals surface area contributed by atoms with Crippen LogP contribution < -0.4 is 9.47 Å². The van der Waals surface area contributed by atoms with E-state index in [1.807, 2.05) is 32.1 Å². The molecule has 216 valence electrons. The van der Waals surface area contributed by atoms with Crippen molar-refractivity contribution in [1.29, 1.82) is 0 Å². The first-order valence-electron chi connectivity index (χ1n) is 13.5. The number of benzene rings is 2. The molecular formula is C31H38O9. The van der Waals surface area contributed by atoms with Crippen molar-refractivity contribution >= 4 is 11.9 Å². The van der Waals surface area contributed by atoms with Crippen molar-refractivity contribution in [2.24, 2.45) is 0 Å². The Morgan fingerprint density at radius 3 is 2.60 bits per heavy atom. The van der Waals surface area contributed by atoms with Crippen LogP contribution in [0.4, 0.5) is 0 Å². The molecule has 0 aliphatic carbocycles. The molecule has 0 N–H and O–H groups in total. The van der Waals surface area contributed by atoms with E-state index in [1.54, 1.807) is 50.4 Å². The van der Waals surface area contributed by atoms with E-state index < -0.39 is 36.0 Å². The largest absolute Gasteiger partial charge is 0.497 e. The molecule has 0 saturated carbocycles. The topological polar surface area (TPSA) is 98.8 Å². The number of ether oxygens (including phenoxy) is 7. The number of methoxy groups -OCH3 is 2. The minimum atomic E-state index is -0.858. The summed E-state index contributed by atoms with van der Waals surface area (Å²) in [6, 6.07) is 12.3. The van der Waals surface area contributed by atoms with E-state index in [4.69, 9.17) is 33.2 Å². The van der Waals surface area contributed by atoms with E-state index in [1.165, 1.54) is 7.11 Å². The second kappa shape index (κ2) is 13.3. The van der Waals surface area contributed by atoms with E-state index in [0.29, 0.717) is 48.3 Å². The number of fused-ring (bicyclic) bond motifs is 2. The number of cyclic esters (lactones) is 1. The van der Waals surface area contributed by atoms with Gasteiger partial charge in [-0.3, -0.25) is 0 Å². The summed E-state index contributed by atoms with van der Waals surface area (Å²) in [5.41, 5.74) is 1.53. The zero-order chi connectivity index (χ0) is 28.7. The van der Waals surface area contributed by atoms with Crippen LogP contribution >= 0.6 is 0 Å². The van der Waals surface area contributed by atoms with Gasteiger partial charge in [-0.15, -0.1) is 0 Å². The van der Waals surface area contributed by atoms with Gasteiger partial charge >= 0.3 is 11.9 Å². The molecule has 40 heavy (non-hydrogen) atoms. The Kier molecular flexibility index (Phi) is 9.84. The summed E-state index contributed by atoms with van der Waals surface area (Å²) in [7, 11) is 3.07. The molecular weight excluding hydrogens is 516 g/mol. The van der Waals surface area contributed by atoms with Crippen molar-refractivity contribution in [2.45, 2.75) is 76.7 Å². The lowest BCUT2D eigenvalue weighted by molar-refractivity contribution is -0.153. The molecule has 4 atom stereocenters. The Morgan fingerprint density at radius 1 is 1.10 bits per heavy atom. The van der Waals surface area contributed by atoms with E-state index in [0.717, 1.165) is 5.56 Å². The number of aryl methyl sites for hydroxylation is 1. The highest BCUT2D eigenvalue weighted by molar-refractivity contribution is 5.94. The summed E-state index contributed by atoms with van der Waals surface area (Å²) in [5.74, 6) is -0.908. The van der Waals surface area contributed by atoms with Crippen LogP contribution in [-0.2, 0) is 30.1 Å². The van der Waals surface area contributed by atoms with Crippen molar-refractivity contribution < 1.29 is 42.7 Å². The second-order valence-electron chi connectivity index (χ2n) is 10.4. The average molecular weight is 555 g/mol. The van der Waals surface area contributed by atoms with Gasteiger partial charge in [-0.05, 0) is 69.9 Å². The first-order chi connectivity index (χ1) is 19.2. The van der Waals surface area contributed by atoms with Gasteiger partial charge in [0.2, 0.25) is 0 Å². The third-order valence-corrected chi connectivity index (χ3v) is 6.76. The molecule has 0 bridgehead atoms. The predicted molar refractivity (Wildman–Crippen MR) is 147 cm³/mol. The van der Waals surface area contributed by atoms with Crippen molar-refractivity contribution in [3.8, 4) is 11.5 Å². The maximum absolute atomic E-state index is 13.4. The van der Waals surface area contributed by atoms with Gasteiger partial charge in [-0.1, -0.05) is 24.3 Å². The van der Waals surface area contributed by atoms with Gasteiger partial charge in [0.15, 0.2) is 12.6 Å². The summed E-state index contributed by atoms with van der Waals surface area (Å²) in [6.45, 7) is 5.47. The number of carbonyl (C=O) groups is 2. The zero-order valence-corrected chi connectivity index (χ0v) is 23.7. The van der Waals surface area contributed by atoms with Gasteiger partial charge in [-0.2, -0.15) is 0 Å². The van der Waals surface area contributed by atoms with Crippen LogP contribution in [0.15, 0.2) is 54.6 Å². The first kappa shape index (κ1) is 29.6. The highest BCUT2D eigenvalue weighted by Gasteiger charge is 2.45. The zero-order valence-electron chi connectivity index (χ0n) is 23.7. The highest BCUT2D eigenvalue weighted by Crippen LogP contribution is 2.36. The quantitative estimate of drug-likeness (QED) is 0.269. The molecule has 2 aromatic rings. The molecule has 1 fully saturated rings. The second-order valence-corrected chi connectivity index (χ2v) is 10.4. The SMILES string of the molecule is COCOc1cc(OC)cc2c1C(=O)O[C@@H](C)C/C=C\C(OC(=O)c1ccccc1)[C@H]1OC(C)(C)O[C@H]1CCC2. The molecule has 1 unspecified atom stereocenters. The van der Waals surface area contributed by atoms with Crippen molar-refractivity contribution in [1.82, 2.24) is 0 Å². The molecule has 2 aromatic carbocycles. The van der Waals surface area contributed by atoms with Crippen LogP contribution in [0.3, 0.4) is 0 Å². The number of hydrogen-bond acceptors (Lipinski definition) is 9. The van der Waals surface area contributed by atoms with Gasteiger partial charge in [0, 0.05) is 19.6 Å². The predicted octanol–water partition coefficient (Wildman–Crippen LogP) is 5.25. The smallest absolute Gasteiger partial charge is 0.342 e. The highest BCUT2D eigenvalue weighted by atomic mass is 16.8. The molecule has 2 aliphatic heterocycles. The van der Waals surface area contributed by atoms with E-state index in [9.17, 15) is 9.59 Å². The van der Waals surface area contributed by atoms with Gasteiger partial charge in [0.25, 0.3) is 0 Å². The standard InChI is InChI=1S/C31H38O9/c1-20-11-9-15-24(38-29(32)21-12-7-6-8-13-21)28-25(39-31(2,3)40-28)16-10-14-22-17-23(35-5)18-26(36-19-34-4)27(22)30(33)37-20/h6-9,12-13,15,17-18,20,24-25,28H,10-11,14,16,19H2,1-5H3/b15-9-/t20-,24?,25-,28+/m0/s1. The number of rotatable bonds is 6. The Bertz CT molecular complexity index is 1190. The molecule has 0 spiro atoms. The minimum absolute atomic E-state index is 0.0295. The summed E-state index contributed by atoms with van der Waals surface area (Å²) < 4.78 is 40.6. The number of carbonyl (C=O) groups excluding carboxylic acids is 2. The van der Waals surface area contributed by atoms with Crippen LogP contribution in [0.25, 0.3) is 0 Å². The fraction of sp³-hybridized carbons (Fsp3) is 0.484. The fourth-order valence-electron chi connectivity index (χ4n) is 4.96. The molecule has 9 heteroatoms. The Hall–Kier alpha value is -3.40. The Labute approximate surface area is 235 Å². The normalized spacial score (nSPS) is 25.5. The summed E-state index contributed by atoms with van der Waals surface area (Å²) in [6.07, 6.45) is 3.77. The molecule has 0 radical (unpaired) electrons. The molecule has 9 nitrogen and oxygen atoms in total. The van der Waals surface area contributed by atoms with Crippen LogP contribution in [-0.4, -0.2) is 63.2 Å². The summed E-state index contributed by atoms with van der Waals surface area (Å²) in [5, 5.41) is 0. The summed E-state index contributed by atoms with van der Waals surface area (Å²) >= 11 is 0.